The van der Waals surface area contributed by atoms with E-state index in [0.29, 0.717) is 0 Å². The molecule has 216 valence electrons. The third kappa shape index (κ3) is 7.50. The molecular weight excluding hydrogens is 612 g/mol. The van der Waals surface area contributed by atoms with Gasteiger partial charge in [0.15, 0.2) is 0 Å². The number of carbonyl (C=O) groups is 2. The van der Waals surface area contributed by atoms with Gasteiger partial charge in [0, 0.05) is 29.2 Å². The van der Waals surface area contributed by atoms with E-state index in [2.05, 4.69) is 21.2 Å². The lowest BCUT2D eigenvalue weighted by atomic mass is 10.1. The lowest BCUT2D eigenvalue weighted by molar-refractivity contribution is -0.384. The summed E-state index contributed by atoms with van der Waals surface area (Å²) in [6, 6.07) is 19.0. The average molecular weight is 644 g/mol. The molecule has 0 unspecified atom stereocenters. The molecule has 3 aromatic rings. The number of carbonyl (C=O) groups excluding carboxylic acids is 2. The van der Waals surface area contributed by atoms with Gasteiger partial charge >= 0.3 is 0 Å². The minimum absolute atomic E-state index is 0.0365. The van der Waals surface area contributed by atoms with Gasteiger partial charge in [-0.1, -0.05) is 65.2 Å². The summed E-state index contributed by atoms with van der Waals surface area (Å²) in [5.74, 6) is -0.955. The molecule has 1 atom stereocenters. The average Bonchev–Trinajstić information content (AvgIpc) is 3.48. The number of benzene rings is 3. The van der Waals surface area contributed by atoms with Gasteiger partial charge in [-0.2, -0.15) is 0 Å². The first kappa shape index (κ1) is 30.2. The fourth-order valence-electron chi connectivity index (χ4n) is 4.77. The molecule has 0 aromatic heterocycles. The molecule has 2 amide bonds. The minimum Gasteiger partial charge on any atom is -0.352 e. The van der Waals surface area contributed by atoms with Gasteiger partial charge in [0.05, 0.1) is 15.5 Å². The Labute approximate surface area is 247 Å². The van der Waals surface area contributed by atoms with Crippen molar-refractivity contribution in [2.24, 2.45) is 0 Å². The van der Waals surface area contributed by atoms with Gasteiger partial charge in [-0.15, -0.1) is 0 Å². The number of anilines is 1. The predicted molar refractivity (Wildman–Crippen MR) is 159 cm³/mol. The lowest BCUT2D eigenvalue weighted by Gasteiger charge is -2.32. The molecule has 0 bridgehead atoms. The van der Waals surface area contributed by atoms with Crippen molar-refractivity contribution in [2.75, 3.05) is 10.8 Å². The summed E-state index contributed by atoms with van der Waals surface area (Å²) in [6.45, 7) is 1.000. The second-order valence-electron chi connectivity index (χ2n) is 9.92. The Bertz CT molecular complexity index is 1500. The van der Waals surface area contributed by atoms with Crippen molar-refractivity contribution in [3.05, 3.63) is 99.0 Å². The zero-order valence-corrected chi connectivity index (χ0v) is 24.9. The Morgan fingerprint density at radius 1 is 1.02 bits per heavy atom. The van der Waals surface area contributed by atoms with Crippen LogP contribution in [0.5, 0.6) is 0 Å². The number of hydrogen-bond acceptors (Lipinski definition) is 6. The molecule has 41 heavy (non-hydrogen) atoms. The van der Waals surface area contributed by atoms with Gasteiger partial charge in [0.1, 0.15) is 12.6 Å². The van der Waals surface area contributed by atoms with Crippen LogP contribution in [0, 0.1) is 10.1 Å². The summed E-state index contributed by atoms with van der Waals surface area (Å²) in [4.78, 5) is 39.3. The molecule has 12 heteroatoms. The van der Waals surface area contributed by atoms with Crippen LogP contribution in [-0.4, -0.2) is 48.7 Å². The first-order valence-electron chi connectivity index (χ1n) is 13.2. The van der Waals surface area contributed by atoms with Crippen molar-refractivity contribution in [1.82, 2.24) is 10.2 Å². The minimum atomic E-state index is -4.31. The number of halogens is 1. The number of amides is 2. The SMILES string of the molecule is C[C@@H](C(=O)NC1CCCC1)N(Cc1ccc(Br)cc1)C(=O)CN(c1cccc([N+](=O)[O-])c1)S(=O)(=O)c1ccccc1. The maximum atomic E-state index is 14.0. The smallest absolute Gasteiger partial charge is 0.271 e. The topological polar surface area (TPSA) is 130 Å². The van der Waals surface area contributed by atoms with Crippen molar-refractivity contribution in [2.45, 2.75) is 56.1 Å². The molecule has 0 heterocycles. The van der Waals surface area contributed by atoms with E-state index in [1.807, 2.05) is 24.3 Å². The summed E-state index contributed by atoms with van der Waals surface area (Å²) >= 11 is 3.39. The van der Waals surface area contributed by atoms with Crippen LogP contribution in [-0.2, 0) is 26.2 Å². The Morgan fingerprint density at radius 2 is 1.68 bits per heavy atom. The molecule has 1 aliphatic carbocycles. The van der Waals surface area contributed by atoms with Crippen LogP contribution < -0.4 is 9.62 Å². The monoisotopic (exact) mass is 642 g/mol. The number of nitro benzene ring substituents is 1. The highest BCUT2D eigenvalue weighted by Crippen LogP contribution is 2.28. The molecule has 10 nitrogen and oxygen atoms in total. The zero-order valence-electron chi connectivity index (χ0n) is 22.5. The highest BCUT2D eigenvalue weighted by atomic mass is 79.9. The number of hydrogen-bond donors (Lipinski definition) is 1. The van der Waals surface area contributed by atoms with E-state index >= 15 is 0 Å². The van der Waals surface area contributed by atoms with Gasteiger partial charge in [0.25, 0.3) is 15.7 Å². The second-order valence-corrected chi connectivity index (χ2v) is 12.7. The first-order chi connectivity index (χ1) is 19.6. The fourth-order valence-corrected chi connectivity index (χ4v) is 6.46. The second kappa shape index (κ2) is 13.3. The normalized spacial score (nSPS) is 14.3. The van der Waals surface area contributed by atoms with Gasteiger partial charge in [0.2, 0.25) is 11.8 Å². The summed E-state index contributed by atoms with van der Waals surface area (Å²) in [5.41, 5.74) is 0.386. The van der Waals surface area contributed by atoms with E-state index in [0.717, 1.165) is 46.1 Å². The molecule has 0 saturated heterocycles. The zero-order chi connectivity index (χ0) is 29.6. The number of rotatable bonds is 11. The fraction of sp³-hybridized carbons (Fsp3) is 0.310. The highest BCUT2D eigenvalue weighted by Gasteiger charge is 2.33. The van der Waals surface area contributed by atoms with E-state index < -0.39 is 33.4 Å². The molecule has 4 rings (SSSR count). The van der Waals surface area contributed by atoms with Gasteiger partial charge in [-0.25, -0.2) is 8.42 Å². The largest absolute Gasteiger partial charge is 0.352 e. The lowest BCUT2D eigenvalue weighted by Crippen LogP contribution is -2.52. The van der Waals surface area contributed by atoms with Crippen molar-refractivity contribution >= 4 is 49.1 Å². The molecule has 0 spiro atoms. The maximum absolute atomic E-state index is 14.0. The summed E-state index contributed by atoms with van der Waals surface area (Å²) in [6.07, 6.45) is 3.79. The molecule has 0 radical (unpaired) electrons. The molecular formula is C29H31BrN4O6S. The van der Waals surface area contributed by atoms with Gasteiger partial charge in [-0.3, -0.25) is 24.0 Å². The summed E-state index contributed by atoms with van der Waals surface area (Å²) in [7, 11) is -4.31. The van der Waals surface area contributed by atoms with E-state index in [4.69, 9.17) is 0 Å². The van der Waals surface area contributed by atoms with Crippen LogP contribution in [0.4, 0.5) is 11.4 Å². The van der Waals surface area contributed by atoms with E-state index in [1.165, 1.54) is 35.2 Å². The Hall–Kier alpha value is -3.77. The van der Waals surface area contributed by atoms with Crippen LogP contribution >= 0.6 is 15.9 Å². The Balaban J connectivity index is 1.70. The quantitative estimate of drug-likeness (QED) is 0.231. The number of non-ortho nitro benzene ring substituents is 1. The van der Waals surface area contributed by atoms with Crippen molar-refractivity contribution < 1.29 is 22.9 Å². The molecule has 1 aliphatic rings. The van der Waals surface area contributed by atoms with Crippen LogP contribution in [0.3, 0.4) is 0 Å². The molecule has 0 aliphatic heterocycles. The predicted octanol–water partition coefficient (Wildman–Crippen LogP) is 5.03. The van der Waals surface area contributed by atoms with E-state index in [9.17, 15) is 28.1 Å². The summed E-state index contributed by atoms with van der Waals surface area (Å²) < 4.78 is 29.3. The number of nitro groups is 1. The van der Waals surface area contributed by atoms with E-state index in [-0.39, 0.29) is 34.8 Å². The van der Waals surface area contributed by atoms with Gasteiger partial charge < -0.3 is 10.2 Å². The molecule has 1 saturated carbocycles. The van der Waals surface area contributed by atoms with Crippen LogP contribution in [0.1, 0.15) is 38.2 Å². The number of sulfonamides is 1. The van der Waals surface area contributed by atoms with Crippen molar-refractivity contribution in [3.63, 3.8) is 0 Å². The van der Waals surface area contributed by atoms with Crippen LogP contribution in [0.15, 0.2) is 88.2 Å². The molecule has 3 aromatic carbocycles. The maximum Gasteiger partial charge on any atom is 0.271 e. The number of nitrogens with zero attached hydrogens (tertiary/aromatic N) is 3. The van der Waals surface area contributed by atoms with Crippen molar-refractivity contribution in [3.8, 4) is 0 Å². The van der Waals surface area contributed by atoms with Gasteiger partial charge in [-0.05, 0) is 55.7 Å². The molecule has 1 fully saturated rings. The Morgan fingerprint density at radius 3 is 2.32 bits per heavy atom. The van der Waals surface area contributed by atoms with E-state index in [1.54, 1.807) is 25.1 Å². The highest BCUT2D eigenvalue weighted by molar-refractivity contribution is 9.10. The summed E-state index contributed by atoms with van der Waals surface area (Å²) in [5, 5.41) is 14.5. The third-order valence-electron chi connectivity index (χ3n) is 7.07. The van der Waals surface area contributed by atoms with Crippen LogP contribution in [0.25, 0.3) is 0 Å². The Kier molecular flexibility index (Phi) is 9.77. The standard InChI is InChI=1S/C29H31BrN4O6S/c1-21(29(36)31-24-8-5-6-9-24)32(19-22-14-16-23(30)17-15-22)28(35)20-33(25-10-7-11-26(18-25)34(37)38)41(39,40)27-12-3-2-4-13-27/h2-4,7,10-18,21,24H,5-6,8-9,19-20H2,1H3,(H,31,36)/t21-/m0/s1. The number of nitrogens with one attached hydrogen (secondary N) is 1. The first-order valence-corrected chi connectivity index (χ1v) is 15.5. The van der Waals surface area contributed by atoms with Crippen LogP contribution in [0.2, 0.25) is 0 Å². The third-order valence-corrected chi connectivity index (χ3v) is 9.39. The van der Waals surface area contributed by atoms with Crippen molar-refractivity contribution in [1.29, 1.82) is 0 Å². The molecule has 1 N–H and O–H groups in total.